The van der Waals surface area contributed by atoms with Crippen molar-refractivity contribution in [2.75, 3.05) is 43.4 Å². The summed E-state index contributed by atoms with van der Waals surface area (Å²) < 4.78 is 16.0. The summed E-state index contributed by atoms with van der Waals surface area (Å²) >= 11 is 0. The maximum atomic E-state index is 16.0. The fourth-order valence-electron chi connectivity index (χ4n) is 4.56. The number of aromatic nitrogens is 7. The van der Waals surface area contributed by atoms with Crippen LogP contribution in [0.2, 0.25) is 0 Å². The molecule has 1 aliphatic heterocycles. The van der Waals surface area contributed by atoms with E-state index in [1.54, 1.807) is 26.1 Å². The van der Waals surface area contributed by atoms with Crippen molar-refractivity contribution in [3.63, 3.8) is 0 Å². The summed E-state index contributed by atoms with van der Waals surface area (Å²) in [7, 11) is 2.10. The van der Waals surface area contributed by atoms with Gasteiger partial charge in [0.2, 0.25) is 5.91 Å². The van der Waals surface area contributed by atoms with E-state index in [1.165, 1.54) is 18.6 Å². The summed E-state index contributed by atoms with van der Waals surface area (Å²) in [5.74, 6) is 0.321. The summed E-state index contributed by atoms with van der Waals surface area (Å²) in [5, 5.41) is 10.3. The number of carbonyl (C=O) groups is 1. The number of anilines is 2. The van der Waals surface area contributed by atoms with Gasteiger partial charge in [0.1, 0.15) is 16.9 Å². The van der Waals surface area contributed by atoms with E-state index < -0.39 is 5.82 Å². The summed E-state index contributed by atoms with van der Waals surface area (Å²) in [6.07, 6.45) is 6.31. The van der Waals surface area contributed by atoms with E-state index in [0.29, 0.717) is 28.3 Å². The molecule has 194 valence electrons. The van der Waals surface area contributed by atoms with Crippen LogP contribution in [0, 0.1) is 11.7 Å². The fraction of sp³-hybridized carbons (Fsp3) is 0.308. The molecular formula is C26H27FN10O. The molecule has 1 fully saturated rings. The SMILES string of the molecule is CC(C)C(=O)Nc1cncc(-c2ncc3[nH]nc(-c4nc5c(N6CCN(C)CC6)nccc5[nH]4)c3c2F)c1. The van der Waals surface area contributed by atoms with Gasteiger partial charge in [-0.15, -0.1) is 0 Å². The minimum Gasteiger partial charge on any atom is -0.352 e. The zero-order valence-electron chi connectivity index (χ0n) is 21.3. The van der Waals surface area contributed by atoms with Crippen LogP contribution in [-0.2, 0) is 4.79 Å². The number of nitrogens with zero attached hydrogens (tertiary/aromatic N) is 7. The second-order valence-corrected chi connectivity index (χ2v) is 9.79. The van der Waals surface area contributed by atoms with E-state index in [4.69, 9.17) is 4.98 Å². The number of pyridine rings is 3. The molecule has 0 aromatic carbocycles. The average Bonchev–Trinajstić information content (AvgIpc) is 3.54. The number of hydrogen-bond donors (Lipinski definition) is 3. The topological polar surface area (TPSA) is 132 Å². The van der Waals surface area contributed by atoms with Crippen LogP contribution in [-0.4, -0.2) is 79.2 Å². The van der Waals surface area contributed by atoms with Crippen LogP contribution < -0.4 is 10.2 Å². The third-order valence-electron chi connectivity index (χ3n) is 6.76. The van der Waals surface area contributed by atoms with Crippen LogP contribution in [0.25, 0.3) is 44.7 Å². The molecule has 1 saturated heterocycles. The first-order valence-electron chi connectivity index (χ1n) is 12.5. The number of nitrogens with one attached hydrogen (secondary N) is 3. The Morgan fingerprint density at radius 1 is 1.08 bits per heavy atom. The number of fused-ring (bicyclic) bond motifs is 2. The Labute approximate surface area is 217 Å². The minimum atomic E-state index is -0.557. The average molecular weight is 515 g/mol. The predicted molar refractivity (Wildman–Crippen MR) is 143 cm³/mol. The van der Waals surface area contributed by atoms with Crippen molar-refractivity contribution < 1.29 is 9.18 Å². The number of carbonyl (C=O) groups excluding carboxylic acids is 1. The van der Waals surface area contributed by atoms with Crippen molar-refractivity contribution >= 4 is 39.3 Å². The van der Waals surface area contributed by atoms with Crippen LogP contribution in [0.4, 0.5) is 15.9 Å². The highest BCUT2D eigenvalue weighted by Crippen LogP contribution is 2.34. The van der Waals surface area contributed by atoms with E-state index in [2.05, 4.69) is 52.3 Å². The lowest BCUT2D eigenvalue weighted by Gasteiger charge is -2.33. The van der Waals surface area contributed by atoms with Crippen molar-refractivity contribution in [2.24, 2.45) is 5.92 Å². The van der Waals surface area contributed by atoms with Gasteiger partial charge in [-0.2, -0.15) is 5.10 Å². The highest BCUT2D eigenvalue weighted by molar-refractivity contribution is 5.97. The largest absolute Gasteiger partial charge is 0.352 e. The van der Waals surface area contributed by atoms with Crippen molar-refractivity contribution in [1.29, 1.82) is 0 Å². The molecule has 11 nitrogen and oxygen atoms in total. The van der Waals surface area contributed by atoms with Crippen molar-refractivity contribution in [1.82, 2.24) is 40.0 Å². The lowest BCUT2D eigenvalue weighted by molar-refractivity contribution is -0.118. The number of H-pyrrole nitrogens is 2. The Bertz CT molecular complexity index is 1650. The summed E-state index contributed by atoms with van der Waals surface area (Å²) in [4.78, 5) is 37.8. The van der Waals surface area contributed by atoms with Gasteiger partial charge in [-0.3, -0.25) is 19.9 Å². The van der Waals surface area contributed by atoms with Crippen LogP contribution in [0.15, 0.2) is 36.9 Å². The number of imidazole rings is 1. The van der Waals surface area contributed by atoms with Crippen LogP contribution in [0.1, 0.15) is 13.8 Å². The van der Waals surface area contributed by atoms with Crippen LogP contribution in [0.3, 0.4) is 0 Å². The van der Waals surface area contributed by atoms with Gasteiger partial charge in [0, 0.05) is 50.1 Å². The summed E-state index contributed by atoms with van der Waals surface area (Å²) in [6, 6.07) is 3.51. The lowest BCUT2D eigenvalue weighted by atomic mass is 10.1. The van der Waals surface area contributed by atoms with Gasteiger partial charge < -0.3 is 20.1 Å². The predicted octanol–water partition coefficient (Wildman–Crippen LogP) is 3.44. The van der Waals surface area contributed by atoms with Gasteiger partial charge in [0.05, 0.1) is 34.5 Å². The van der Waals surface area contributed by atoms with E-state index in [9.17, 15) is 4.79 Å². The zero-order valence-corrected chi connectivity index (χ0v) is 21.3. The highest BCUT2D eigenvalue weighted by atomic mass is 19.1. The van der Waals surface area contributed by atoms with Gasteiger partial charge >= 0.3 is 0 Å². The van der Waals surface area contributed by atoms with E-state index >= 15 is 4.39 Å². The third kappa shape index (κ3) is 4.22. The molecule has 1 aliphatic rings. The molecule has 0 unspecified atom stereocenters. The Balaban J connectivity index is 1.40. The molecule has 0 bridgehead atoms. The van der Waals surface area contributed by atoms with Crippen LogP contribution >= 0.6 is 0 Å². The molecule has 0 aliphatic carbocycles. The second kappa shape index (κ2) is 9.45. The van der Waals surface area contributed by atoms with E-state index in [-0.39, 0.29) is 22.9 Å². The third-order valence-corrected chi connectivity index (χ3v) is 6.76. The summed E-state index contributed by atoms with van der Waals surface area (Å²) in [5.41, 5.74) is 3.31. The first-order chi connectivity index (χ1) is 18.4. The van der Waals surface area contributed by atoms with Gasteiger partial charge in [-0.25, -0.2) is 14.4 Å². The molecule has 38 heavy (non-hydrogen) atoms. The molecule has 3 N–H and O–H groups in total. The smallest absolute Gasteiger partial charge is 0.226 e. The molecular weight excluding hydrogens is 487 g/mol. The Kier molecular flexibility index (Phi) is 5.95. The number of likely N-dealkylation sites (N-methyl/N-ethyl adjacent to an activating group) is 1. The van der Waals surface area contributed by atoms with Crippen LogP contribution in [0.5, 0.6) is 0 Å². The van der Waals surface area contributed by atoms with E-state index in [1.807, 2.05) is 6.07 Å². The van der Waals surface area contributed by atoms with Gasteiger partial charge in [0.25, 0.3) is 0 Å². The fourth-order valence-corrected chi connectivity index (χ4v) is 4.56. The van der Waals surface area contributed by atoms with E-state index in [0.717, 1.165) is 43.0 Å². The second-order valence-electron chi connectivity index (χ2n) is 9.79. The van der Waals surface area contributed by atoms with Gasteiger partial charge in [-0.05, 0) is 19.2 Å². The maximum Gasteiger partial charge on any atom is 0.226 e. The molecule has 0 spiro atoms. The van der Waals surface area contributed by atoms with Gasteiger partial charge in [-0.1, -0.05) is 13.8 Å². The molecule has 12 heteroatoms. The normalized spacial score (nSPS) is 14.6. The zero-order chi connectivity index (χ0) is 26.4. The Morgan fingerprint density at radius 3 is 2.68 bits per heavy atom. The molecule has 1 amide bonds. The van der Waals surface area contributed by atoms with Crippen molar-refractivity contribution in [3.8, 4) is 22.8 Å². The molecule has 0 saturated carbocycles. The molecule has 0 atom stereocenters. The summed E-state index contributed by atoms with van der Waals surface area (Å²) in [6.45, 7) is 7.18. The molecule has 0 radical (unpaired) electrons. The number of halogens is 1. The number of hydrogen-bond acceptors (Lipinski definition) is 8. The van der Waals surface area contributed by atoms with Gasteiger partial charge in [0.15, 0.2) is 17.5 Å². The highest BCUT2D eigenvalue weighted by Gasteiger charge is 2.23. The van der Waals surface area contributed by atoms with Crippen molar-refractivity contribution in [2.45, 2.75) is 13.8 Å². The monoisotopic (exact) mass is 514 g/mol. The Hall–Kier alpha value is -4.45. The number of aromatic amines is 2. The van der Waals surface area contributed by atoms with Crippen molar-refractivity contribution in [3.05, 3.63) is 42.7 Å². The standard InChI is InChI=1S/C26H27FN10O/c1-14(2)26(38)31-16-10-15(11-28-12-16)21-20(27)19-18(13-30-21)34-35-23(19)24-32-17-4-5-29-25(22(17)33-24)37-8-6-36(3)7-9-37/h4-5,10-14H,6-9H2,1-3H3,(H,31,38)(H,32,33)(H,34,35). The molecule has 6 heterocycles. The molecule has 5 aromatic heterocycles. The quantitative estimate of drug-likeness (QED) is 0.325. The maximum absolute atomic E-state index is 16.0. The molecule has 5 aromatic rings. The number of rotatable bonds is 5. The minimum absolute atomic E-state index is 0.101. The first-order valence-corrected chi connectivity index (χ1v) is 12.5. The first kappa shape index (κ1) is 23.9. The molecule has 6 rings (SSSR count). The lowest BCUT2D eigenvalue weighted by Crippen LogP contribution is -2.44. The number of amides is 1. The Morgan fingerprint density at radius 2 is 1.89 bits per heavy atom. The number of piperazine rings is 1.